The maximum atomic E-state index is 12.0. The molecular formula is C12H17N5O. The van der Waals surface area contributed by atoms with Gasteiger partial charge in [-0.15, -0.1) is 0 Å². The summed E-state index contributed by atoms with van der Waals surface area (Å²) in [4.78, 5) is 12.0. The Labute approximate surface area is 105 Å². The molecule has 0 saturated heterocycles. The normalized spacial score (nSPS) is 10.6. The molecule has 0 fully saturated rings. The highest BCUT2D eigenvalue weighted by Gasteiger charge is 2.12. The number of nitrogens with one attached hydrogen (secondary N) is 2. The van der Waals surface area contributed by atoms with Crippen molar-refractivity contribution in [2.24, 2.45) is 7.05 Å². The molecule has 2 aromatic heterocycles. The molecule has 0 radical (unpaired) electrons. The van der Waals surface area contributed by atoms with Crippen molar-refractivity contribution >= 4 is 11.7 Å². The van der Waals surface area contributed by atoms with Crippen LogP contribution in [0.25, 0.3) is 0 Å². The average molecular weight is 247 g/mol. The Kier molecular flexibility index (Phi) is 3.45. The van der Waals surface area contributed by atoms with Gasteiger partial charge in [0.15, 0.2) is 5.69 Å². The summed E-state index contributed by atoms with van der Waals surface area (Å²) in [5, 5.41) is 13.8. The predicted molar refractivity (Wildman–Crippen MR) is 68.5 cm³/mol. The Morgan fingerprint density at radius 3 is 2.89 bits per heavy atom. The Morgan fingerprint density at radius 2 is 2.28 bits per heavy atom. The zero-order chi connectivity index (χ0) is 13.1. The van der Waals surface area contributed by atoms with Crippen LogP contribution in [-0.2, 0) is 13.5 Å². The minimum Gasteiger partial charge on any atom is -0.305 e. The van der Waals surface area contributed by atoms with Gasteiger partial charge in [-0.2, -0.15) is 10.2 Å². The summed E-state index contributed by atoms with van der Waals surface area (Å²) in [6, 6.07) is 3.60. The fourth-order valence-electron chi connectivity index (χ4n) is 1.78. The van der Waals surface area contributed by atoms with Crippen molar-refractivity contribution in [1.29, 1.82) is 0 Å². The fourth-order valence-corrected chi connectivity index (χ4v) is 1.78. The maximum Gasteiger partial charge on any atom is 0.277 e. The number of aromatic amines is 1. The number of hydrogen-bond acceptors (Lipinski definition) is 3. The summed E-state index contributed by atoms with van der Waals surface area (Å²) in [6.45, 7) is 3.96. The molecule has 0 saturated carbocycles. The molecule has 6 nitrogen and oxygen atoms in total. The zero-order valence-electron chi connectivity index (χ0n) is 10.8. The summed E-state index contributed by atoms with van der Waals surface area (Å²) in [6.07, 6.45) is 1.91. The van der Waals surface area contributed by atoms with Crippen LogP contribution in [0.2, 0.25) is 0 Å². The zero-order valence-corrected chi connectivity index (χ0v) is 10.8. The third-order valence-electron chi connectivity index (χ3n) is 2.63. The van der Waals surface area contributed by atoms with Gasteiger partial charge in [-0.1, -0.05) is 13.3 Å². The molecule has 0 aromatic carbocycles. The summed E-state index contributed by atoms with van der Waals surface area (Å²) in [7, 11) is 1.79. The standard InChI is InChI=1S/C12H17N5O/c1-4-5-9-7-10(15-14-9)12(18)13-11-6-8(2)16-17(11)3/h6-7H,4-5H2,1-3H3,(H,13,18)(H,14,15). The molecule has 0 aliphatic carbocycles. The van der Waals surface area contributed by atoms with Crippen LogP contribution < -0.4 is 5.32 Å². The number of nitrogens with zero attached hydrogens (tertiary/aromatic N) is 3. The summed E-state index contributed by atoms with van der Waals surface area (Å²) < 4.78 is 1.63. The highest BCUT2D eigenvalue weighted by atomic mass is 16.2. The molecule has 2 rings (SSSR count). The number of carbonyl (C=O) groups excluding carboxylic acids is 1. The fraction of sp³-hybridized carbons (Fsp3) is 0.417. The number of aromatic nitrogens is 4. The van der Waals surface area contributed by atoms with E-state index in [1.807, 2.05) is 13.0 Å². The molecule has 18 heavy (non-hydrogen) atoms. The second-order valence-corrected chi connectivity index (χ2v) is 4.28. The second-order valence-electron chi connectivity index (χ2n) is 4.28. The van der Waals surface area contributed by atoms with Gasteiger partial charge in [0.2, 0.25) is 0 Å². The first-order valence-electron chi connectivity index (χ1n) is 5.96. The number of hydrogen-bond donors (Lipinski definition) is 2. The third-order valence-corrected chi connectivity index (χ3v) is 2.63. The Hall–Kier alpha value is -2.11. The minimum absolute atomic E-state index is 0.225. The molecule has 0 aliphatic heterocycles. The number of carbonyl (C=O) groups is 1. The van der Waals surface area contributed by atoms with E-state index in [1.54, 1.807) is 17.8 Å². The van der Waals surface area contributed by atoms with Gasteiger partial charge in [0.1, 0.15) is 5.82 Å². The highest BCUT2D eigenvalue weighted by molar-refractivity contribution is 6.02. The summed E-state index contributed by atoms with van der Waals surface area (Å²) in [5.74, 6) is 0.439. The van der Waals surface area contributed by atoms with Crippen LogP contribution in [0.3, 0.4) is 0 Å². The lowest BCUT2D eigenvalue weighted by Crippen LogP contribution is -2.14. The van der Waals surface area contributed by atoms with Crippen molar-refractivity contribution in [1.82, 2.24) is 20.0 Å². The topological polar surface area (TPSA) is 75.6 Å². The first-order chi connectivity index (χ1) is 8.60. The Balaban J connectivity index is 2.09. The second kappa shape index (κ2) is 5.03. The van der Waals surface area contributed by atoms with Gasteiger partial charge >= 0.3 is 0 Å². The van der Waals surface area contributed by atoms with Crippen molar-refractivity contribution in [2.45, 2.75) is 26.7 Å². The van der Waals surface area contributed by atoms with E-state index in [1.165, 1.54) is 0 Å². The first-order valence-corrected chi connectivity index (χ1v) is 5.96. The number of H-pyrrole nitrogens is 1. The lowest BCUT2D eigenvalue weighted by atomic mass is 10.2. The molecule has 2 N–H and O–H groups in total. The SMILES string of the molecule is CCCc1cc(C(=O)Nc2cc(C)nn2C)n[nH]1. The largest absolute Gasteiger partial charge is 0.305 e. The number of aryl methyl sites for hydroxylation is 3. The number of rotatable bonds is 4. The van der Waals surface area contributed by atoms with Crippen LogP contribution in [0, 0.1) is 6.92 Å². The molecule has 0 bridgehead atoms. The highest BCUT2D eigenvalue weighted by Crippen LogP contribution is 2.10. The van der Waals surface area contributed by atoms with Crippen molar-refractivity contribution in [3.63, 3.8) is 0 Å². The van der Waals surface area contributed by atoms with Gasteiger partial charge in [-0.05, 0) is 19.4 Å². The number of anilines is 1. The summed E-state index contributed by atoms with van der Waals surface area (Å²) >= 11 is 0. The molecule has 2 heterocycles. The van der Waals surface area contributed by atoms with Crippen LogP contribution in [0.4, 0.5) is 5.82 Å². The average Bonchev–Trinajstić information content (AvgIpc) is 2.87. The lowest BCUT2D eigenvalue weighted by Gasteiger charge is -2.01. The third kappa shape index (κ3) is 2.58. The van der Waals surface area contributed by atoms with E-state index in [0.29, 0.717) is 11.5 Å². The lowest BCUT2D eigenvalue weighted by molar-refractivity contribution is 0.102. The van der Waals surface area contributed by atoms with Crippen LogP contribution in [0.15, 0.2) is 12.1 Å². The van der Waals surface area contributed by atoms with Crippen LogP contribution in [0.5, 0.6) is 0 Å². The van der Waals surface area contributed by atoms with E-state index in [9.17, 15) is 4.79 Å². The number of amides is 1. The van der Waals surface area contributed by atoms with Gasteiger partial charge in [-0.3, -0.25) is 14.6 Å². The Bertz CT molecular complexity index is 555. The van der Waals surface area contributed by atoms with Gasteiger partial charge < -0.3 is 5.32 Å². The van der Waals surface area contributed by atoms with Crippen LogP contribution in [-0.4, -0.2) is 25.9 Å². The van der Waals surface area contributed by atoms with E-state index in [-0.39, 0.29) is 5.91 Å². The first kappa shape index (κ1) is 12.3. The monoisotopic (exact) mass is 247 g/mol. The quantitative estimate of drug-likeness (QED) is 0.862. The van der Waals surface area contributed by atoms with Crippen molar-refractivity contribution in [2.75, 3.05) is 5.32 Å². The molecule has 1 amide bonds. The maximum absolute atomic E-state index is 12.0. The van der Waals surface area contributed by atoms with Crippen molar-refractivity contribution < 1.29 is 4.79 Å². The van der Waals surface area contributed by atoms with E-state index in [4.69, 9.17) is 0 Å². The van der Waals surface area contributed by atoms with Gasteiger partial charge in [0.25, 0.3) is 5.91 Å². The van der Waals surface area contributed by atoms with Gasteiger partial charge in [0.05, 0.1) is 5.69 Å². The predicted octanol–water partition coefficient (Wildman–Crippen LogP) is 1.66. The molecule has 6 heteroatoms. The molecule has 0 spiro atoms. The van der Waals surface area contributed by atoms with Crippen LogP contribution >= 0.6 is 0 Å². The molecule has 2 aromatic rings. The molecular weight excluding hydrogens is 230 g/mol. The van der Waals surface area contributed by atoms with E-state index < -0.39 is 0 Å². The van der Waals surface area contributed by atoms with E-state index >= 15 is 0 Å². The molecule has 96 valence electrons. The van der Waals surface area contributed by atoms with E-state index in [2.05, 4.69) is 27.5 Å². The van der Waals surface area contributed by atoms with E-state index in [0.717, 1.165) is 24.2 Å². The summed E-state index contributed by atoms with van der Waals surface area (Å²) in [5.41, 5.74) is 2.24. The Morgan fingerprint density at radius 1 is 1.50 bits per heavy atom. The minimum atomic E-state index is -0.225. The van der Waals surface area contributed by atoms with Gasteiger partial charge in [-0.25, -0.2) is 0 Å². The molecule has 0 aliphatic rings. The van der Waals surface area contributed by atoms with Crippen LogP contribution in [0.1, 0.15) is 35.2 Å². The molecule has 0 atom stereocenters. The smallest absolute Gasteiger partial charge is 0.277 e. The van der Waals surface area contributed by atoms with Gasteiger partial charge in [0, 0.05) is 18.8 Å². The molecule has 0 unspecified atom stereocenters. The van der Waals surface area contributed by atoms with Crippen molar-refractivity contribution in [3.05, 3.63) is 29.2 Å². The van der Waals surface area contributed by atoms with Crippen molar-refractivity contribution in [3.8, 4) is 0 Å².